The first-order chi connectivity index (χ1) is 17.9. The van der Waals surface area contributed by atoms with Crippen molar-refractivity contribution in [2.24, 2.45) is 0 Å². The Bertz CT molecular complexity index is 1540. The van der Waals surface area contributed by atoms with E-state index in [-0.39, 0.29) is 32.0 Å². The van der Waals surface area contributed by atoms with E-state index in [1.165, 1.54) is 19.1 Å². The predicted molar refractivity (Wildman–Crippen MR) is 134 cm³/mol. The third kappa shape index (κ3) is 6.85. The van der Waals surface area contributed by atoms with E-state index in [4.69, 9.17) is 11.6 Å². The van der Waals surface area contributed by atoms with Gasteiger partial charge in [-0.15, -0.1) is 10.2 Å². The number of nitro benzene ring substituents is 1. The number of halogens is 1. The maximum absolute atomic E-state index is 12.8. The Hall–Kier alpha value is -4.00. The van der Waals surface area contributed by atoms with Gasteiger partial charge in [0.25, 0.3) is 11.2 Å². The standard InChI is InChI=1S/C19H18ClN7O9S2/c1-10-7-25(18(32)21-16(10)31)8-14(28)24(9-15(29)30)4-5-26(38(35)36)19-23-22-17(37-19)12-3-2-11(27(33)34)6-13(12)20/h2-3,6-7H,4-5,8-9H2,1H3,(H,29,30)(H,35,36)(H,21,31,32)/p-1. The largest absolute Gasteiger partial charge is 0.755 e. The van der Waals surface area contributed by atoms with E-state index in [0.29, 0.717) is 0 Å². The Labute approximate surface area is 223 Å². The van der Waals surface area contributed by atoms with Gasteiger partial charge in [-0.05, 0) is 13.0 Å². The fraction of sp³-hybridized carbons (Fsp3) is 0.263. The van der Waals surface area contributed by atoms with E-state index in [9.17, 15) is 43.2 Å². The molecule has 16 nitrogen and oxygen atoms in total. The van der Waals surface area contributed by atoms with Gasteiger partial charge in [-0.2, -0.15) is 0 Å². The Morgan fingerprint density at radius 2 is 2.00 bits per heavy atom. The van der Waals surface area contributed by atoms with Crippen LogP contribution in [0, 0.1) is 17.0 Å². The molecule has 0 spiro atoms. The molecule has 0 fully saturated rings. The number of nitrogens with one attached hydrogen (secondary N) is 1. The van der Waals surface area contributed by atoms with Crippen LogP contribution >= 0.6 is 22.9 Å². The molecule has 2 heterocycles. The molecule has 1 amide bonds. The molecule has 0 saturated carbocycles. The van der Waals surface area contributed by atoms with Crippen LogP contribution in [0.2, 0.25) is 5.02 Å². The Morgan fingerprint density at radius 1 is 1.29 bits per heavy atom. The molecule has 1 unspecified atom stereocenters. The van der Waals surface area contributed by atoms with Crippen molar-refractivity contribution in [2.75, 3.05) is 23.9 Å². The van der Waals surface area contributed by atoms with Gasteiger partial charge in [0.2, 0.25) is 11.0 Å². The van der Waals surface area contributed by atoms with Crippen molar-refractivity contribution in [3.8, 4) is 10.6 Å². The summed E-state index contributed by atoms with van der Waals surface area (Å²) in [7, 11) is 0. The van der Waals surface area contributed by atoms with E-state index in [2.05, 4.69) is 10.2 Å². The van der Waals surface area contributed by atoms with Crippen molar-refractivity contribution in [3.05, 3.63) is 65.9 Å². The van der Waals surface area contributed by atoms with Crippen molar-refractivity contribution < 1.29 is 28.4 Å². The van der Waals surface area contributed by atoms with Crippen molar-refractivity contribution in [3.63, 3.8) is 0 Å². The second kappa shape index (κ2) is 12.0. The molecular weight excluding hydrogens is 570 g/mol. The van der Waals surface area contributed by atoms with Crippen molar-refractivity contribution in [2.45, 2.75) is 13.5 Å². The number of nitro groups is 1. The molecule has 1 atom stereocenters. The monoisotopic (exact) mass is 586 g/mol. The number of carboxylic acids is 1. The number of benzene rings is 1. The second-order valence-corrected chi connectivity index (χ2v) is 9.78. The van der Waals surface area contributed by atoms with Crippen LogP contribution in [0.25, 0.3) is 10.6 Å². The SMILES string of the molecule is Cc1cn(CC(=O)N(CCN(c2nnc(-c3ccc([N+](=O)[O-])cc3Cl)s2)S(=O)[O-])CC(=O)O)c(=O)[nH]c1=O. The minimum absolute atomic E-state index is 0.0114. The third-order valence-corrected chi connectivity index (χ3v) is 7.07. The highest BCUT2D eigenvalue weighted by atomic mass is 35.5. The summed E-state index contributed by atoms with van der Waals surface area (Å²) in [6.45, 7) is -0.808. The summed E-state index contributed by atoms with van der Waals surface area (Å²) in [6, 6.07) is 3.62. The molecule has 0 radical (unpaired) electrons. The maximum Gasteiger partial charge on any atom is 0.328 e. The number of nitrogens with zero attached hydrogens (tertiary/aromatic N) is 6. The summed E-state index contributed by atoms with van der Waals surface area (Å²) in [5, 5.41) is 27.8. The summed E-state index contributed by atoms with van der Waals surface area (Å²) in [5.74, 6) is -2.21. The molecule has 1 aromatic carbocycles. The summed E-state index contributed by atoms with van der Waals surface area (Å²) in [6.07, 6.45) is 1.14. The fourth-order valence-electron chi connectivity index (χ4n) is 3.10. The number of aromatic amines is 1. The number of aromatic nitrogens is 4. The van der Waals surface area contributed by atoms with Gasteiger partial charge in [-0.3, -0.25) is 42.6 Å². The first-order valence-corrected chi connectivity index (χ1v) is 12.5. The number of carboxylic acid groups (broad SMARTS) is 1. The van der Waals surface area contributed by atoms with Gasteiger partial charge in [0.05, 0.1) is 16.5 Å². The van der Waals surface area contributed by atoms with E-state index in [0.717, 1.165) is 37.4 Å². The van der Waals surface area contributed by atoms with E-state index in [1.54, 1.807) is 0 Å². The molecular formula is C19H17ClN7O9S2-. The van der Waals surface area contributed by atoms with Gasteiger partial charge in [0, 0.05) is 47.3 Å². The zero-order chi connectivity index (χ0) is 28.1. The molecule has 2 N–H and O–H groups in total. The predicted octanol–water partition coefficient (Wildman–Crippen LogP) is 0.139. The number of anilines is 1. The van der Waals surface area contributed by atoms with Crippen LogP contribution in [0.5, 0.6) is 0 Å². The van der Waals surface area contributed by atoms with Gasteiger partial charge in [-0.1, -0.05) is 22.9 Å². The normalized spacial score (nSPS) is 11.7. The molecule has 0 bridgehead atoms. The molecule has 0 aliphatic rings. The lowest BCUT2D eigenvalue weighted by atomic mass is 10.2. The molecule has 0 saturated heterocycles. The molecule has 202 valence electrons. The van der Waals surface area contributed by atoms with Crippen LogP contribution in [0.4, 0.5) is 10.8 Å². The number of aryl methyl sites for hydroxylation is 1. The van der Waals surface area contributed by atoms with Crippen LogP contribution in [0.15, 0.2) is 34.0 Å². The van der Waals surface area contributed by atoms with Crippen LogP contribution in [0.3, 0.4) is 0 Å². The maximum atomic E-state index is 12.8. The first-order valence-electron chi connectivity index (χ1n) is 10.3. The molecule has 2 aromatic heterocycles. The molecule has 0 aliphatic heterocycles. The number of non-ortho nitro benzene ring substituents is 1. The molecule has 3 rings (SSSR count). The number of carbonyl (C=O) groups excluding carboxylic acids is 1. The highest BCUT2D eigenvalue weighted by molar-refractivity contribution is 7.80. The summed E-state index contributed by atoms with van der Waals surface area (Å²) < 4.78 is 25.4. The number of rotatable bonds is 11. The number of carbonyl (C=O) groups is 2. The second-order valence-electron chi connectivity index (χ2n) is 7.54. The van der Waals surface area contributed by atoms with Crippen molar-refractivity contribution in [1.29, 1.82) is 0 Å². The fourth-order valence-corrected chi connectivity index (χ4v) is 4.93. The number of amides is 1. The van der Waals surface area contributed by atoms with Gasteiger partial charge in [0.1, 0.15) is 13.1 Å². The van der Waals surface area contributed by atoms with Crippen molar-refractivity contribution >= 4 is 56.9 Å². The van der Waals surface area contributed by atoms with Gasteiger partial charge < -0.3 is 14.6 Å². The van der Waals surface area contributed by atoms with Crippen LogP contribution in [-0.2, 0) is 27.4 Å². The molecule has 0 aliphatic carbocycles. The van der Waals surface area contributed by atoms with Gasteiger partial charge in [-0.25, -0.2) is 4.79 Å². The summed E-state index contributed by atoms with van der Waals surface area (Å²) in [5.41, 5.74) is -1.36. The lowest BCUT2D eigenvalue weighted by Gasteiger charge is -2.27. The number of H-pyrrole nitrogens is 1. The zero-order valence-electron chi connectivity index (χ0n) is 19.2. The van der Waals surface area contributed by atoms with E-state index in [1.807, 2.05) is 4.98 Å². The molecule has 38 heavy (non-hydrogen) atoms. The van der Waals surface area contributed by atoms with Crippen LogP contribution in [0.1, 0.15) is 5.56 Å². The van der Waals surface area contributed by atoms with Crippen molar-refractivity contribution in [1.82, 2.24) is 24.6 Å². The highest BCUT2D eigenvalue weighted by Crippen LogP contribution is 2.35. The van der Waals surface area contributed by atoms with Gasteiger partial charge in [0.15, 0.2) is 5.01 Å². The number of hydrogen-bond donors (Lipinski definition) is 2. The minimum atomic E-state index is -2.91. The zero-order valence-corrected chi connectivity index (χ0v) is 21.6. The molecule has 19 heteroatoms. The summed E-state index contributed by atoms with van der Waals surface area (Å²) >= 11 is 3.97. The number of aliphatic carboxylic acids is 1. The quantitative estimate of drug-likeness (QED) is 0.174. The minimum Gasteiger partial charge on any atom is -0.755 e. The Kier molecular flexibility index (Phi) is 9.04. The Balaban J connectivity index is 1.80. The molecule has 3 aromatic rings. The van der Waals surface area contributed by atoms with Crippen LogP contribution in [-0.4, -0.2) is 75.0 Å². The van der Waals surface area contributed by atoms with Gasteiger partial charge >= 0.3 is 11.7 Å². The Morgan fingerprint density at radius 3 is 2.61 bits per heavy atom. The van der Waals surface area contributed by atoms with Crippen LogP contribution < -0.4 is 15.6 Å². The lowest BCUT2D eigenvalue weighted by Crippen LogP contribution is -2.44. The average molecular weight is 587 g/mol. The lowest BCUT2D eigenvalue weighted by molar-refractivity contribution is -0.384. The summed E-state index contributed by atoms with van der Waals surface area (Å²) in [4.78, 5) is 60.7. The average Bonchev–Trinajstić information content (AvgIpc) is 3.30. The third-order valence-electron chi connectivity index (χ3n) is 4.95. The smallest absolute Gasteiger partial charge is 0.328 e. The van der Waals surface area contributed by atoms with E-state index >= 15 is 0 Å². The first kappa shape index (κ1) is 28.6. The topological polar surface area (TPSA) is 225 Å². The van der Waals surface area contributed by atoms with E-state index < -0.39 is 65.5 Å². The highest BCUT2D eigenvalue weighted by Gasteiger charge is 2.22. The number of hydrogen-bond acceptors (Lipinski definition) is 11.